The van der Waals surface area contributed by atoms with Crippen LogP contribution in [0.4, 0.5) is 5.82 Å². The number of hydrogen-bond donors (Lipinski definition) is 1. The number of piperidine rings is 1. The van der Waals surface area contributed by atoms with E-state index >= 15 is 0 Å². The summed E-state index contributed by atoms with van der Waals surface area (Å²) >= 11 is 0. The Morgan fingerprint density at radius 3 is 2.47 bits per heavy atom. The molecule has 1 N–H and O–H groups in total. The number of carbonyl (C=O) groups is 1. The van der Waals surface area contributed by atoms with Crippen molar-refractivity contribution >= 4 is 11.7 Å². The topological polar surface area (TPSA) is 67.2 Å². The van der Waals surface area contributed by atoms with Crippen molar-refractivity contribution in [2.75, 3.05) is 18.0 Å². The zero-order chi connectivity index (χ0) is 22.5. The Hall–Kier alpha value is -3.41. The first kappa shape index (κ1) is 21.8. The summed E-state index contributed by atoms with van der Waals surface area (Å²) in [7, 11) is 0. The maximum absolute atomic E-state index is 12.8. The highest BCUT2D eigenvalue weighted by molar-refractivity contribution is 5.79. The standard InChI is InChI=1S/C26H30N4O2/c1-3-20-10-12-23(13-11-20)30-25(31)15-14-24(28-30)29-16-4-5-22(18-29)26(32)27-17-21-8-6-19(2)7-9-21/h6-15,22H,3-5,16-18H2,1-2H3,(H,27,32)/t22-/m1/s1. The highest BCUT2D eigenvalue weighted by Crippen LogP contribution is 2.22. The zero-order valence-electron chi connectivity index (χ0n) is 18.8. The average Bonchev–Trinajstić information content (AvgIpc) is 2.84. The summed E-state index contributed by atoms with van der Waals surface area (Å²) in [5.74, 6) is 0.694. The van der Waals surface area contributed by atoms with Crippen LogP contribution >= 0.6 is 0 Å². The highest BCUT2D eigenvalue weighted by atomic mass is 16.2. The van der Waals surface area contributed by atoms with Gasteiger partial charge in [-0.05, 0) is 55.5 Å². The molecule has 1 aliphatic heterocycles. The van der Waals surface area contributed by atoms with Gasteiger partial charge < -0.3 is 10.2 Å². The first-order valence-electron chi connectivity index (χ1n) is 11.3. The van der Waals surface area contributed by atoms with E-state index in [2.05, 4.69) is 41.3 Å². The highest BCUT2D eigenvalue weighted by Gasteiger charge is 2.26. The van der Waals surface area contributed by atoms with Crippen molar-refractivity contribution in [3.8, 4) is 5.69 Å². The zero-order valence-corrected chi connectivity index (χ0v) is 18.8. The minimum Gasteiger partial charge on any atom is -0.354 e. The summed E-state index contributed by atoms with van der Waals surface area (Å²) in [6.07, 6.45) is 2.72. The summed E-state index contributed by atoms with van der Waals surface area (Å²) in [6, 6.07) is 19.4. The van der Waals surface area contributed by atoms with E-state index in [0.29, 0.717) is 13.1 Å². The van der Waals surface area contributed by atoms with Crippen LogP contribution in [-0.2, 0) is 17.8 Å². The van der Waals surface area contributed by atoms with Gasteiger partial charge in [-0.15, -0.1) is 5.10 Å². The summed E-state index contributed by atoms with van der Waals surface area (Å²) in [5, 5.41) is 7.69. The summed E-state index contributed by atoms with van der Waals surface area (Å²) in [6.45, 7) is 6.11. The molecule has 0 spiro atoms. The molecule has 6 heteroatoms. The second kappa shape index (κ2) is 9.81. The summed E-state index contributed by atoms with van der Waals surface area (Å²) < 4.78 is 1.44. The van der Waals surface area contributed by atoms with E-state index in [9.17, 15) is 9.59 Å². The van der Waals surface area contributed by atoms with Gasteiger partial charge in [0.1, 0.15) is 5.82 Å². The Balaban J connectivity index is 1.45. The lowest BCUT2D eigenvalue weighted by atomic mass is 9.97. The number of hydrogen-bond acceptors (Lipinski definition) is 4. The van der Waals surface area contributed by atoms with Crippen molar-refractivity contribution in [2.24, 2.45) is 5.92 Å². The van der Waals surface area contributed by atoms with Crippen molar-refractivity contribution < 1.29 is 4.79 Å². The molecule has 0 unspecified atom stereocenters. The largest absolute Gasteiger partial charge is 0.354 e. The lowest BCUT2D eigenvalue weighted by Crippen LogP contribution is -2.43. The van der Waals surface area contributed by atoms with Gasteiger partial charge in [0.2, 0.25) is 5.91 Å². The lowest BCUT2D eigenvalue weighted by Gasteiger charge is -2.33. The molecular formula is C26H30N4O2. The molecule has 4 rings (SSSR count). The quantitative estimate of drug-likeness (QED) is 0.648. The molecule has 0 radical (unpaired) electrons. The maximum atomic E-state index is 12.8. The third kappa shape index (κ3) is 5.07. The van der Waals surface area contributed by atoms with Gasteiger partial charge in [0, 0.05) is 25.7 Å². The number of benzene rings is 2. The van der Waals surface area contributed by atoms with Gasteiger partial charge in [-0.25, -0.2) is 0 Å². The number of aromatic nitrogens is 2. The molecular weight excluding hydrogens is 400 g/mol. The van der Waals surface area contributed by atoms with Crippen LogP contribution in [0.3, 0.4) is 0 Å². The van der Waals surface area contributed by atoms with Crippen LogP contribution in [-0.4, -0.2) is 28.8 Å². The summed E-state index contributed by atoms with van der Waals surface area (Å²) in [5.41, 5.74) is 4.10. The molecule has 0 saturated carbocycles. The van der Waals surface area contributed by atoms with Crippen LogP contribution < -0.4 is 15.8 Å². The number of amides is 1. The van der Waals surface area contributed by atoms with E-state index in [0.717, 1.165) is 42.9 Å². The molecule has 0 bridgehead atoms. The van der Waals surface area contributed by atoms with Crippen LogP contribution in [0, 0.1) is 12.8 Å². The Labute approximate surface area is 188 Å². The smallest absolute Gasteiger partial charge is 0.271 e. The van der Waals surface area contributed by atoms with E-state index in [1.54, 1.807) is 12.1 Å². The Kier molecular flexibility index (Phi) is 6.69. The predicted octanol–water partition coefficient (Wildman–Crippen LogP) is 3.64. The molecule has 1 saturated heterocycles. The molecule has 6 nitrogen and oxygen atoms in total. The molecule has 3 aromatic rings. The third-order valence-electron chi connectivity index (χ3n) is 6.08. The van der Waals surface area contributed by atoms with Crippen molar-refractivity contribution in [1.82, 2.24) is 15.1 Å². The summed E-state index contributed by atoms with van der Waals surface area (Å²) in [4.78, 5) is 27.4. The van der Waals surface area contributed by atoms with Crippen molar-refractivity contribution in [1.29, 1.82) is 0 Å². The van der Waals surface area contributed by atoms with E-state index in [-0.39, 0.29) is 17.4 Å². The lowest BCUT2D eigenvalue weighted by molar-refractivity contribution is -0.125. The van der Waals surface area contributed by atoms with Gasteiger partial charge in [0.25, 0.3) is 5.56 Å². The molecule has 1 atom stereocenters. The molecule has 1 aliphatic rings. The van der Waals surface area contributed by atoms with E-state index in [4.69, 9.17) is 0 Å². The number of nitrogens with zero attached hydrogens (tertiary/aromatic N) is 3. The van der Waals surface area contributed by atoms with Crippen LogP contribution in [0.15, 0.2) is 65.5 Å². The van der Waals surface area contributed by atoms with Crippen LogP contribution in [0.25, 0.3) is 5.69 Å². The van der Waals surface area contributed by atoms with Gasteiger partial charge in [0.15, 0.2) is 0 Å². The third-order valence-corrected chi connectivity index (χ3v) is 6.08. The molecule has 0 aliphatic carbocycles. The Morgan fingerprint density at radius 2 is 1.75 bits per heavy atom. The normalized spacial score (nSPS) is 16.1. The first-order chi connectivity index (χ1) is 15.5. The second-order valence-electron chi connectivity index (χ2n) is 8.45. The molecule has 1 amide bonds. The van der Waals surface area contributed by atoms with Gasteiger partial charge in [0.05, 0.1) is 11.6 Å². The van der Waals surface area contributed by atoms with Crippen molar-refractivity contribution in [2.45, 2.75) is 39.7 Å². The number of aryl methyl sites for hydroxylation is 2. The molecule has 1 aromatic heterocycles. The van der Waals surface area contributed by atoms with E-state index in [1.807, 2.05) is 36.4 Å². The van der Waals surface area contributed by atoms with Crippen molar-refractivity contribution in [3.63, 3.8) is 0 Å². The van der Waals surface area contributed by atoms with Crippen LogP contribution in [0.1, 0.15) is 36.5 Å². The Bertz CT molecular complexity index is 1120. The minimum atomic E-state index is -0.164. The van der Waals surface area contributed by atoms with Crippen LogP contribution in [0.2, 0.25) is 0 Å². The number of nitrogens with one attached hydrogen (secondary N) is 1. The monoisotopic (exact) mass is 430 g/mol. The van der Waals surface area contributed by atoms with Gasteiger partial charge >= 0.3 is 0 Å². The van der Waals surface area contributed by atoms with Gasteiger partial charge in [-0.1, -0.05) is 48.9 Å². The van der Waals surface area contributed by atoms with Crippen molar-refractivity contribution in [3.05, 3.63) is 87.7 Å². The SMILES string of the molecule is CCc1ccc(-n2nc(N3CCC[C@@H](C(=O)NCc4ccc(C)cc4)C3)ccc2=O)cc1. The predicted molar refractivity (Wildman–Crippen MR) is 127 cm³/mol. The molecule has 1 fully saturated rings. The number of rotatable bonds is 6. The first-order valence-corrected chi connectivity index (χ1v) is 11.3. The minimum absolute atomic E-state index is 0.0683. The molecule has 2 heterocycles. The number of anilines is 1. The van der Waals surface area contributed by atoms with Gasteiger partial charge in [-0.3, -0.25) is 9.59 Å². The molecule has 166 valence electrons. The fourth-order valence-corrected chi connectivity index (χ4v) is 4.07. The van der Waals surface area contributed by atoms with E-state index in [1.165, 1.54) is 15.8 Å². The number of carbonyl (C=O) groups excluding carboxylic acids is 1. The Morgan fingerprint density at radius 1 is 1.03 bits per heavy atom. The second-order valence-corrected chi connectivity index (χ2v) is 8.45. The maximum Gasteiger partial charge on any atom is 0.271 e. The van der Waals surface area contributed by atoms with Crippen LogP contribution in [0.5, 0.6) is 0 Å². The fourth-order valence-electron chi connectivity index (χ4n) is 4.07. The van der Waals surface area contributed by atoms with E-state index < -0.39 is 0 Å². The molecule has 2 aromatic carbocycles. The van der Waals surface area contributed by atoms with Gasteiger partial charge in [-0.2, -0.15) is 4.68 Å². The average molecular weight is 431 g/mol. The fraction of sp³-hybridized carbons (Fsp3) is 0.346. The molecule has 32 heavy (non-hydrogen) atoms.